The van der Waals surface area contributed by atoms with Gasteiger partial charge in [-0.2, -0.15) is 5.10 Å². The highest BCUT2D eigenvalue weighted by Gasteiger charge is 2.64. The summed E-state index contributed by atoms with van der Waals surface area (Å²) in [5, 5.41) is 14.9. The number of non-ortho nitro benzene ring substituents is 1. The molecule has 0 saturated heterocycles. The van der Waals surface area contributed by atoms with Crippen LogP contribution in [-0.4, -0.2) is 24.2 Å². The van der Waals surface area contributed by atoms with E-state index in [2.05, 4.69) is 17.5 Å². The van der Waals surface area contributed by atoms with Crippen molar-refractivity contribution < 1.29 is 19.2 Å². The maximum atomic E-state index is 12.5. The van der Waals surface area contributed by atoms with Gasteiger partial charge in [0.1, 0.15) is 6.61 Å². The van der Waals surface area contributed by atoms with Crippen LogP contribution in [0.15, 0.2) is 47.6 Å². The van der Waals surface area contributed by atoms with Crippen molar-refractivity contribution in [2.24, 2.45) is 22.4 Å². The lowest BCUT2D eigenvalue weighted by Gasteiger charge is -2.15. The molecule has 3 atom stereocenters. The van der Waals surface area contributed by atoms with Gasteiger partial charge >= 0.3 is 0 Å². The topological polar surface area (TPSA) is 103 Å². The number of methoxy groups -OCH3 is 1. The molecule has 2 saturated carbocycles. The zero-order valence-corrected chi connectivity index (χ0v) is 18.2. The first kappa shape index (κ1) is 21.8. The Morgan fingerprint density at radius 2 is 2.03 bits per heavy atom. The molecule has 0 bridgehead atoms. The van der Waals surface area contributed by atoms with Gasteiger partial charge in [0, 0.05) is 18.1 Å². The number of ether oxygens (including phenoxy) is 2. The summed E-state index contributed by atoms with van der Waals surface area (Å²) in [6, 6.07) is 11.6. The van der Waals surface area contributed by atoms with E-state index in [0.717, 1.165) is 24.0 Å². The Bertz CT molecular complexity index is 1040. The van der Waals surface area contributed by atoms with Crippen LogP contribution >= 0.6 is 0 Å². The SMILES string of the molecule is COc1cc(/C=N/NC(=O)[C@@H]2[C@@H]3CCCC[C@]23C)ccc1OCc1ccc([N+](=O)[O-])cc1. The molecule has 1 amide bonds. The number of benzene rings is 2. The Morgan fingerprint density at radius 1 is 1.25 bits per heavy atom. The van der Waals surface area contributed by atoms with Crippen molar-refractivity contribution in [3.8, 4) is 11.5 Å². The summed E-state index contributed by atoms with van der Waals surface area (Å²) in [7, 11) is 1.55. The molecule has 0 unspecified atom stereocenters. The smallest absolute Gasteiger partial charge is 0.269 e. The molecular weight excluding hydrogens is 410 g/mol. The van der Waals surface area contributed by atoms with Crippen molar-refractivity contribution in [3.05, 3.63) is 63.7 Å². The van der Waals surface area contributed by atoms with E-state index in [9.17, 15) is 14.9 Å². The van der Waals surface area contributed by atoms with Gasteiger partial charge in [0.05, 0.1) is 18.2 Å². The molecule has 32 heavy (non-hydrogen) atoms. The van der Waals surface area contributed by atoms with Crippen molar-refractivity contribution in [2.45, 2.75) is 39.2 Å². The number of hydrogen-bond donors (Lipinski definition) is 1. The first-order valence-electron chi connectivity index (χ1n) is 10.8. The number of nitro groups is 1. The number of hydrazone groups is 1. The lowest BCUT2D eigenvalue weighted by atomic mass is 9.90. The molecule has 2 aromatic carbocycles. The van der Waals surface area contributed by atoms with Crippen LogP contribution in [0.1, 0.15) is 43.7 Å². The molecule has 168 valence electrons. The maximum Gasteiger partial charge on any atom is 0.269 e. The molecule has 2 fully saturated rings. The first-order chi connectivity index (χ1) is 15.4. The molecule has 0 aromatic heterocycles. The van der Waals surface area contributed by atoms with E-state index in [1.54, 1.807) is 37.6 Å². The lowest BCUT2D eigenvalue weighted by Crippen LogP contribution is -2.22. The number of hydrogen-bond acceptors (Lipinski definition) is 6. The molecule has 0 spiro atoms. The standard InChI is InChI=1S/C24H27N3O5/c1-24-12-4-3-5-19(24)22(24)23(28)26-25-14-17-8-11-20(21(13-17)31-2)32-15-16-6-9-18(10-7-16)27(29)30/h6-11,13-14,19,22H,3-5,12,15H2,1-2H3,(H,26,28)/b25-14+/t19-,22-,24-/m0/s1. The van der Waals surface area contributed by atoms with E-state index in [0.29, 0.717) is 17.4 Å². The highest BCUT2D eigenvalue weighted by molar-refractivity contribution is 5.86. The van der Waals surface area contributed by atoms with Crippen LogP contribution < -0.4 is 14.9 Å². The van der Waals surface area contributed by atoms with Crippen LogP contribution in [0.4, 0.5) is 5.69 Å². The van der Waals surface area contributed by atoms with Crippen LogP contribution in [0.5, 0.6) is 11.5 Å². The largest absolute Gasteiger partial charge is 0.493 e. The number of carbonyl (C=O) groups excluding carboxylic acids is 1. The number of amides is 1. The van der Waals surface area contributed by atoms with Crippen LogP contribution in [0.25, 0.3) is 0 Å². The molecule has 0 aliphatic heterocycles. The van der Waals surface area contributed by atoms with Crippen molar-refractivity contribution in [1.29, 1.82) is 0 Å². The zero-order chi connectivity index (χ0) is 22.7. The molecule has 2 aliphatic carbocycles. The van der Waals surface area contributed by atoms with Gasteiger partial charge in [-0.15, -0.1) is 0 Å². The van der Waals surface area contributed by atoms with Crippen molar-refractivity contribution >= 4 is 17.8 Å². The Kier molecular flexibility index (Phi) is 6.12. The minimum atomic E-state index is -0.436. The molecule has 4 rings (SSSR count). The fourth-order valence-electron chi connectivity index (χ4n) is 4.85. The van der Waals surface area contributed by atoms with Gasteiger partial charge in [0.2, 0.25) is 5.91 Å². The number of nitrogens with zero attached hydrogens (tertiary/aromatic N) is 2. The van der Waals surface area contributed by atoms with E-state index in [1.807, 2.05) is 6.07 Å². The average molecular weight is 437 g/mol. The maximum absolute atomic E-state index is 12.5. The lowest BCUT2D eigenvalue weighted by molar-refractivity contribution is -0.384. The van der Waals surface area contributed by atoms with Gasteiger partial charge < -0.3 is 9.47 Å². The molecule has 1 N–H and O–H groups in total. The van der Waals surface area contributed by atoms with Gasteiger partial charge in [-0.25, -0.2) is 5.43 Å². The summed E-state index contributed by atoms with van der Waals surface area (Å²) in [5.41, 5.74) is 4.47. The summed E-state index contributed by atoms with van der Waals surface area (Å²) < 4.78 is 11.2. The highest BCUT2D eigenvalue weighted by atomic mass is 16.6. The third kappa shape index (κ3) is 4.44. The molecule has 8 heteroatoms. The van der Waals surface area contributed by atoms with E-state index in [-0.39, 0.29) is 29.5 Å². The summed E-state index contributed by atoms with van der Waals surface area (Å²) in [6.07, 6.45) is 6.27. The number of rotatable bonds is 8. The fraction of sp³-hybridized carbons (Fsp3) is 0.417. The summed E-state index contributed by atoms with van der Waals surface area (Å²) in [4.78, 5) is 22.8. The van der Waals surface area contributed by atoms with Gasteiger partial charge in [0.25, 0.3) is 5.69 Å². The Labute approximate surface area is 186 Å². The van der Waals surface area contributed by atoms with E-state index >= 15 is 0 Å². The Hall–Kier alpha value is -3.42. The number of fused-ring (bicyclic) bond motifs is 1. The minimum Gasteiger partial charge on any atom is -0.493 e. The third-order valence-electron chi connectivity index (χ3n) is 6.73. The van der Waals surface area contributed by atoms with Crippen LogP contribution in [-0.2, 0) is 11.4 Å². The Morgan fingerprint density at radius 3 is 2.69 bits per heavy atom. The van der Waals surface area contributed by atoms with Gasteiger partial charge in [0.15, 0.2) is 11.5 Å². The predicted molar refractivity (Wildman–Crippen MR) is 120 cm³/mol. The van der Waals surface area contributed by atoms with Crippen LogP contribution in [0.2, 0.25) is 0 Å². The quantitative estimate of drug-likeness (QED) is 0.373. The zero-order valence-electron chi connectivity index (χ0n) is 18.2. The van der Waals surface area contributed by atoms with Crippen LogP contribution in [0.3, 0.4) is 0 Å². The number of nitrogens with one attached hydrogen (secondary N) is 1. The van der Waals surface area contributed by atoms with Gasteiger partial charge in [-0.1, -0.05) is 19.8 Å². The fourth-order valence-corrected chi connectivity index (χ4v) is 4.85. The number of carbonyl (C=O) groups is 1. The van der Waals surface area contributed by atoms with E-state index < -0.39 is 4.92 Å². The molecule has 2 aromatic rings. The van der Waals surface area contributed by atoms with E-state index in [4.69, 9.17) is 9.47 Å². The second kappa shape index (κ2) is 8.98. The second-order valence-electron chi connectivity index (χ2n) is 8.69. The highest BCUT2D eigenvalue weighted by Crippen LogP contribution is 2.66. The van der Waals surface area contributed by atoms with Crippen molar-refractivity contribution in [3.63, 3.8) is 0 Å². The molecule has 0 radical (unpaired) electrons. The molecule has 8 nitrogen and oxygen atoms in total. The first-order valence-corrected chi connectivity index (χ1v) is 10.8. The molecular formula is C24H27N3O5. The summed E-state index contributed by atoms with van der Waals surface area (Å²) >= 11 is 0. The van der Waals surface area contributed by atoms with Gasteiger partial charge in [-0.05, 0) is 65.6 Å². The number of nitro benzene ring substituents is 1. The normalized spacial score (nSPS) is 23.9. The third-order valence-corrected chi connectivity index (χ3v) is 6.73. The average Bonchev–Trinajstić information content (AvgIpc) is 3.43. The van der Waals surface area contributed by atoms with Crippen LogP contribution in [0, 0.1) is 27.4 Å². The summed E-state index contributed by atoms with van der Waals surface area (Å²) in [5.74, 6) is 1.65. The monoisotopic (exact) mass is 437 g/mol. The molecule has 0 heterocycles. The van der Waals surface area contributed by atoms with Crippen molar-refractivity contribution in [2.75, 3.05) is 7.11 Å². The minimum absolute atomic E-state index is 0.00525. The summed E-state index contributed by atoms with van der Waals surface area (Å²) in [6.45, 7) is 2.46. The predicted octanol–water partition coefficient (Wildman–Crippen LogP) is 4.46. The second-order valence-corrected chi connectivity index (χ2v) is 8.69. The Balaban J connectivity index is 1.33. The molecule has 2 aliphatic rings. The van der Waals surface area contributed by atoms with Gasteiger partial charge in [-0.3, -0.25) is 14.9 Å². The van der Waals surface area contributed by atoms with Crippen molar-refractivity contribution in [1.82, 2.24) is 5.43 Å². The van der Waals surface area contributed by atoms with E-state index in [1.165, 1.54) is 25.0 Å².